The van der Waals surface area contributed by atoms with Gasteiger partial charge in [-0.1, -0.05) is 12.1 Å². The van der Waals surface area contributed by atoms with Crippen molar-refractivity contribution in [3.05, 3.63) is 23.8 Å². The van der Waals surface area contributed by atoms with Gasteiger partial charge >= 0.3 is 0 Å². The fourth-order valence-electron chi connectivity index (χ4n) is 7.58. The Balaban J connectivity index is 0.863. The second kappa shape index (κ2) is 9.94. The number of β-amino-alcohol motifs (C(OH)–C–C–N with tert-alkyl or cyclic N) is 1. The molecular weight excluding hydrogens is 432 g/mol. The maximum Gasteiger partial charge on any atom is 0.231 e. The Bertz CT molecular complexity index is 805. The highest BCUT2D eigenvalue weighted by molar-refractivity contribution is 5.48. The first kappa shape index (κ1) is 23.0. The number of fused-ring (bicyclic) bond motifs is 1. The van der Waals surface area contributed by atoms with Crippen molar-refractivity contribution in [2.24, 2.45) is 17.8 Å². The molecule has 0 spiro atoms. The third-order valence-electron chi connectivity index (χ3n) is 8.73. The third kappa shape index (κ3) is 5.09. The van der Waals surface area contributed by atoms with Crippen LogP contribution in [0, 0.1) is 17.8 Å². The van der Waals surface area contributed by atoms with Crippen LogP contribution in [-0.2, 0) is 16.0 Å². The second-order valence-electron chi connectivity index (χ2n) is 11.4. The minimum absolute atomic E-state index is 0.148. The molecule has 0 aromatic heterocycles. The number of rotatable bonds is 10. The summed E-state index contributed by atoms with van der Waals surface area (Å²) in [4.78, 5) is 4.78. The summed E-state index contributed by atoms with van der Waals surface area (Å²) in [6.45, 7) is 7.37. The molecule has 4 bridgehead atoms. The number of hydrogen-bond donors (Lipinski definition) is 1. The first-order valence-electron chi connectivity index (χ1n) is 13.4. The molecule has 188 valence electrons. The summed E-state index contributed by atoms with van der Waals surface area (Å²) in [7, 11) is 0. The zero-order valence-electron chi connectivity index (χ0n) is 20.3. The van der Waals surface area contributed by atoms with Gasteiger partial charge in [0.05, 0.1) is 31.5 Å². The number of para-hydroxylation sites is 1. The molecule has 0 unspecified atom stereocenters. The minimum atomic E-state index is -0.450. The van der Waals surface area contributed by atoms with E-state index in [0.29, 0.717) is 33.2 Å². The summed E-state index contributed by atoms with van der Waals surface area (Å²) in [5.41, 5.74) is 1.34. The number of nitrogens with zero attached hydrogens (tertiary/aromatic N) is 2. The van der Waals surface area contributed by atoms with Crippen LogP contribution in [0.3, 0.4) is 0 Å². The van der Waals surface area contributed by atoms with Crippen LogP contribution in [-0.4, -0.2) is 85.9 Å². The predicted molar refractivity (Wildman–Crippen MR) is 128 cm³/mol. The van der Waals surface area contributed by atoms with Gasteiger partial charge in [0, 0.05) is 44.8 Å². The zero-order chi connectivity index (χ0) is 23.0. The van der Waals surface area contributed by atoms with Gasteiger partial charge in [-0.2, -0.15) is 0 Å². The van der Waals surface area contributed by atoms with Crippen molar-refractivity contribution in [3.8, 4) is 11.5 Å². The van der Waals surface area contributed by atoms with E-state index in [1.54, 1.807) is 0 Å². The van der Waals surface area contributed by atoms with Crippen LogP contribution in [0.1, 0.15) is 44.1 Å². The third-order valence-corrected chi connectivity index (χ3v) is 8.73. The number of aliphatic hydroxyl groups excluding tert-OH is 1. The van der Waals surface area contributed by atoms with E-state index in [9.17, 15) is 5.11 Å². The minimum Gasteiger partial charge on any atom is -0.454 e. The fraction of sp³-hybridized carbons (Fsp3) is 0.778. The molecule has 4 saturated carbocycles. The largest absolute Gasteiger partial charge is 0.454 e. The van der Waals surface area contributed by atoms with E-state index in [1.807, 2.05) is 12.1 Å². The van der Waals surface area contributed by atoms with E-state index in [4.69, 9.17) is 18.9 Å². The van der Waals surface area contributed by atoms with Gasteiger partial charge in [0.25, 0.3) is 0 Å². The van der Waals surface area contributed by atoms with Crippen LogP contribution in [0.4, 0.5) is 0 Å². The normalized spacial score (nSPS) is 33.5. The Labute approximate surface area is 203 Å². The Morgan fingerprint density at radius 2 is 1.65 bits per heavy atom. The van der Waals surface area contributed by atoms with E-state index in [1.165, 1.54) is 44.1 Å². The Hall–Kier alpha value is -1.38. The topological polar surface area (TPSA) is 63.6 Å². The van der Waals surface area contributed by atoms with Gasteiger partial charge in [0.15, 0.2) is 11.5 Å². The number of piperazine rings is 1. The SMILES string of the molecule is O[C@H](COCCOC12CC3CC(CC(C3)C1)C2)CN1CCN(Cc2cccc3c2OCO3)CC1. The Morgan fingerprint density at radius 3 is 2.38 bits per heavy atom. The van der Waals surface area contributed by atoms with Crippen molar-refractivity contribution in [1.29, 1.82) is 0 Å². The summed E-state index contributed by atoms with van der Waals surface area (Å²) in [5.74, 6) is 4.47. The fourth-order valence-corrected chi connectivity index (χ4v) is 7.58. The highest BCUT2D eigenvalue weighted by Crippen LogP contribution is 2.57. The molecule has 5 fully saturated rings. The Morgan fingerprint density at radius 1 is 0.941 bits per heavy atom. The van der Waals surface area contributed by atoms with E-state index in [0.717, 1.165) is 62.0 Å². The lowest BCUT2D eigenvalue weighted by atomic mass is 9.54. The monoisotopic (exact) mass is 472 g/mol. The molecule has 0 radical (unpaired) electrons. The first-order valence-corrected chi connectivity index (χ1v) is 13.4. The number of aliphatic hydroxyl groups is 1. The molecular formula is C27H40N2O5. The summed E-state index contributed by atoms with van der Waals surface area (Å²) in [6, 6.07) is 6.11. The number of hydrogen-bond acceptors (Lipinski definition) is 7. The summed E-state index contributed by atoms with van der Waals surface area (Å²) in [6.07, 6.45) is 7.67. The van der Waals surface area contributed by atoms with Crippen molar-refractivity contribution >= 4 is 0 Å². The quantitative estimate of drug-likeness (QED) is 0.526. The number of benzene rings is 1. The summed E-state index contributed by atoms with van der Waals surface area (Å²) >= 11 is 0. The molecule has 1 aromatic rings. The average Bonchev–Trinajstić information content (AvgIpc) is 3.29. The lowest BCUT2D eigenvalue weighted by molar-refractivity contribution is -0.170. The van der Waals surface area contributed by atoms with Gasteiger partial charge in [-0.3, -0.25) is 9.80 Å². The molecule has 4 aliphatic carbocycles. The van der Waals surface area contributed by atoms with Crippen molar-refractivity contribution in [2.75, 3.05) is 59.3 Å². The molecule has 34 heavy (non-hydrogen) atoms. The van der Waals surface area contributed by atoms with Crippen molar-refractivity contribution in [2.45, 2.75) is 56.8 Å². The molecule has 7 rings (SSSR count). The van der Waals surface area contributed by atoms with Gasteiger partial charge < -0.3 is 24.1 Å². The van der Waals surface area contributed by atoms with Gasteiger partial charge in [0.2, 0.25) is 6.79 Å². The Kier molecular flexibility index (Phi) is 6.74. The standard InChI is InChI=1S/C27H40N2O5/c30-24(18-31-8-9-34-27-13-20-10-21(14-27)12-22(11-20)15-27)17-29-6-4-28(5-7-29)16-23-2-1-3-25-26(23)33-19-32-25/h1-3,20-22,24,30H,4-19H2/t20?,21?,22?,24-,27?/m0/s1. The van der Waals surface area contributed by atoms with Crippen molar-refractivity contribution in [1.82, 2.24) is 9.80 Å². The molecule has 2 heterocycles. The van der Waals surface area contributed by atoms with Gasteiger partial charge in [0.1, 0.15) is 0 Å². The van der Waals surface area contributed by atoms with Crippen LogP contribution in [0.25, 0.3) is 0 Å². The number of ether oxygens (including phenoxy) is 4. The van der Waals surface area contributed by atoms with E-state index < -0.39 is 6.10 Å². The van der Waals surface area contributed by atoms with Gasteiger partial charge in [-0.25, -0.2) is 0 Å². The van der Waals surface area contributed by atoms with E-state index in [2.05, 4.69) is 15.9 Å². The lowest BCUT2D eigenvalue weighted by Crippen LogP contribution is -2.52. The molecule has 1 saturated heterocycles. The molecule has 1 aromatic carbocycles. The predicted octanol–water partition coefficient (Wildman–Crippen LogP) is 2.90. The average molecular weight is 473 g/mol. The molecule has 0 amide bonds. The van der Waals surface area contributed by atoms with Crippen LogP contribution < -0.4 is 9.47 Å². The summed E-state index contributed by atoms with van der Waals surface area (Å²) < 4.78 is 23.4. The maximum atomic E-state index is 10.5. The molecule has 1 atom stereocenters. The van der Waals surface area contributed by atoms with Gasteiger partial charge in [-0.15, -0.1) is 0 Å². The van der Waals surface area contributed by atoms with E-state index >= 15 is 0 Å². The second-order valence-corrected chi connectivity index (χ2v) is 11.4. The molecule has 1 N–H and O–H groups in total. The van der Waals surface area contributed by atoms with Crippen LogP contribution in [0.15, 0.2) is 18.2 Å². The molecule has 7 nitrogen and oxygen atoms in total. The lowest BCUT2D eigenvalue weighted by Gasteiger charge is -2.56. The van der Waals surface area contributed by atoms with Gasteiger partial charge in [-0.05, 0) is 62.3 Å². The molecule has 7 heteroatoms. The molecule has 2 aliphatic heterocycles. The summed E-state index contributed by atoms with van der Waals surface area (Å²) in [5, 5.41) is 10.5. The van der Waals surface area contributed by atoms with E-state index in [-0.39, 0.29) is 5.60 Å². The van der Waals surface area contributed by atoms with Crippen molar-refractivity contribution < 1.29 is 24.1 Å². The molecule has 6 aliphatic rings. The highest BCUT2D eigenvalue weighted by Gasteiger charge is 2.51. The smallest absolute Gasteiger partial charge is 0.231 e. The zero-order valence-corrected chi connectivity index (χ0v) is 20.3. The van der Waals surface area contributed by atoms with Crippen LogP contribution in [0.2, 0.25) is 0 Å². The highest BCUT2D eigenvalue weighted by atomic mass is 16.7. The maximum absolute atomic E-state index is 10.5. The van der Waals surface area contributed by atoms with Crippen LogP contribution >= 0.6 is 0 Å². The van der Waals surface area contributed by atoms with Crippen molar-refractivity contribution in [3.63, 3.8) is 0 Å². The van der Waals surface area contributed by atoms with Crippen LogP contribution in [0.5, 0.6) is 11.5 Å². The first-order chi connectivity index (χ1) is 16.6.